The summed E-state index contributed by atoms with van der Waals surface area (Å²) in [6, 6.07) is 5.26. The third-order valence-electron chi connectivity index (χ3n) is 5.49. The van der Waals surface area contributed by atoms with Crippen LogP contribution < -0.4 is 15.5 Å². The number of aryl methyl sites for hydroxylation is 1. The lowest BCUT2D eigenvalue weighted by Gasteiger charge is -2.33. The molecule has 32 heavy (non-hydrogen) atoms. The fourth-order valence-electron chi connectivity index (χ4n) is 3.57. The fraction of sp³-hybridized carbons (Fsp3) is 0.500. The van der Waals surface area contributed by atoms with E-state index in [2.05, 4.69) is 25.5 Å². The average Bonchev–Trinajstić information content (AvgIpc) is 3.37. The van der Waals surface area contributed by atoms with E-state index in [9.17, 15) is 4.79 Å². The maximum Gasteiger partial charge on any atom is 0.227 e. The lowest BCUT2D eigenvalue weighted by atomic mass is 10.1. The van der Waals surface area contributed by atoms with E-state index in [4.69, 9.17) is 34.8 Å². The standard InChI is InChI=1S/C18H20Cl3N5O.C4H9N/c1-11(14-4-3-13(19)9-15(14)20)22-17-16(21)12(2)23-18(24-17)26-7-5-25(10-27)6-8-26;1-2-4-5-3-1/h3-4,9-11H,5-8H2,1-2H3,(H,22,23,24);5H,1-4H2. The second kappa shape index (κ2) is 11.9. The molecule has 0 spiro atoms. The van der Waals surface area contributed by atoms with Crippen molar-refractivity contribution in [2.45, 2.75) is 32.7 Å². The molecule has 1 unspecified atom stereocenters. The van der Waals surface area contributed by atoms with Gasteiger partial charge in [-0.2, -0.15) is 4.98 Å². The highest BCUT2D eigenvalue weighted by Gasteiger charge is 2.21. The number of amides is 1. The molecular weight excluding hydrogens is 471 g/mol. The number of anilines is 2. The number of nitrogens with one attached hydrogen (secondary N) is 2. The molecule has 2 aliphatic rings. The highest BCUT2D eigenvalue weighted by Crippen LogP contribution is 2.32. The lowest BCUT2D eigenvalue weighted by molar-refractivity contribution is -0.118. The second-order valence-corrected chi connectivity index (χ2v) is 9.11. The number of rotatable bonds is 5. The van der Waals surface area contributed by atoms with Gasteiger partial charge < -0.3 is 20.4 Å². The lowest BCUT2D eigenvalue weighted by Crippen LogP contribution is -2.46. The van der Waals surface area contributed by atoms with Crippen molar-refractivity contribution in [1.82, 2.24) is 20.2 Å². The molecule has 1 aromatic carbocycles. The topological polar surface area (TPSA) is 73.4 Å². The van der Waals surface area contributed by atoms with E-state index in [0.29, 0.717) is 58.7 Å². The van der Waals surface area contributed by atoms with Crippen LogP contribution in [0.3, 0.4) is 0 Å². The molecule has 2 aromatic rings. The normalized spacial score (nSPS) is 16.9. The van der Waals surface area contributed by atoms with Crippen molar-refractivity contribution >= 4 is 53.0 Å². The second-order valence-electron chi connectivity index (χ2n) is 7.89. The molecule has 7 nitrogen and oxygen atoms in total. The zero-order valence-electron chi connectivity index (χ0n) is 18.4. The number of piperazine rings is 1. The van der Waals surface area contributed by atoms with Crippen LogP contribution >= 0.6 is 34.8 Å². The van der Waals surface area contributed by atoms with Crippen LogP contribution in [0.4, 0.5) is 11.8 Å². The molecule has 0 bridgehead atoms. The van der Waals surface area contributed by atoms with Gasteiger partial charge in [-0.3, -0.25) is 4.79 Å². The van der Waals surface area contributed by atoms with E-state index >= 15 is 0 Å². The molecule has 3 heterocycles. The molecule has 174 valence electrons. The Morgan fingerprint density at radius 2 is 1.78 bits per heavy atom. The molecule has 2 saturated heterocycles. The van der Waals surface area contributed by atoms with Gasteiger partial charge in [-0.05, 0) is 57.5 Å². The Bertz CT molecular complexity index is 909. The van der Waals surface area contributed by atoms with Gasteiger partial charge in [-0.25, -0.2) is 4.98 Å². The van der Waals surface area contributed by atoms with Crippen molar-refractivity contribution in [2.24, 2.45) is 0 Å². The van der Waals surface area contributed by atoms with Gasteiger partial charge in [0.1, 0.15) is 5.02 Å². The minimum absolute atomic E-state index is 0.124. The first-order chi connectivity index (χ1) is 15.4. The van der Waals surface area contributed by atoms with Crippen LogP contribution in [0.25, 0.3) is 0 Å². The fourth-order valence-corrected chi connectivity index (χ4v) is 4.28. The van der Waals surface area contributed by atoms with E-state index < -0.39 is 0 Å². The molecule has 1 amide bonds. The summed E-state index contributed by atoms with van der Waals surface area (Å²) in [5.74, 6) is 1.15. The summed E-state index contributed by atoms with van der Waals surface area (Å²) in [6.07, 6.45) is 3.65. The Morgan fingerprint density at radius 1 is 1.09 bits per heavy atom. The number of benzene rings is 1. The van der Waals surface area contributed by atoms with Gasteiger partial charge in [0.25, 0.3) is 0 Å². The molecule has 2 aliphatic heterocycles. The molecule has 0 radical (unpaired) electrons. The van der Waals surface area contributed by atoms with Crippen molar-refractivity contribution in [3.63, 3.8) is 0 Å². The summed E-state index contributed by atoms with van der Waals surface area (Å²) < 4.78 is 0. The van der Waals surface area contributed by atoms with E-state index in [0.717, 1.165) is 12.0 Å². The number of aromatic nitrogens is 2. The highest BCUT2D eigenvalue weighted by molar-refractivity contribution is 6.35. The van der Waals surface area contributed by atoms with Crippen LogP contribution in [0.5, 0.6) is 0 Å². The van der Waals surface area contributed by atoms with Crippen molar-refractivity contribution in [3.8, 4) is 0 Å². The number of nitrogens with zero attached hydrogens (tertiary/aromatic N) is 4. The molecule has 1 aromatic heterocycles. The molecule has 0 aliphatic carbocycles. The first kappa shape index (κ1) is 24.8. The predicted molar refractivity (Wildman–Crippen MR) is 132 cm³/mol. The van der Waals surface area contributed by atoms with Crippen LogP contribution in [-0.2, 0) is 4.79 Å². The van der Waals surface area contributed by atoms with Crippen molar-refractivity contribution in [1.29, 1.82) is 0 Å². The van der Waals surface area contributed by atoms with E-state index in [1.807, 2.05) is 19.9 Å². The smallest absolute Gasteiger partial charge is 0.227 e. The van der Waals surface area contributed by atoms with E-state index in [1.54, 1.807) is 17.0 Å². The van der Waals surface area contributed by atoms with Crippen molar-refractivity contribution < 1.29 is 4.79 Å². The Labute approximate surface area is 204 Å². The maximum absolute atomic E-state index is 10.9. The third kappa shape index (κ3) is 6.61. The number of carbonyl (C=O) groups is 1. The molecule has 0 saturated carbocycles. The summed E-state index contributed by atoms with van der Waals surface area (Å²) >= 11 is 18.7. The molecule has 2 N–H and O–H groups in total. The Hall–Kier alpha value is -1.80. The van der Waals surface area contributed by atoms with Crippen LogP contribution in [0.1, 0.15) is 37.1 Å². The average molecular weight is 500 g/mol. The largest absolute Gasteiger partial charge is 0.362 e. The minimum Gasteiger partial charge on any atom is -0.362 e. The quantitative estimate of drug-likeness (QED) is 0.587. The van der Waals surface area contributed by atoms with Crippen molar-refractivity contribution in [2.75, 3.05) is 49.5 Å². The third-order valence-corrected chi connectivity index (χ3v) is 6.51. The number of hydrogen-bond acceptors (Lipinski definition) is 6. The molecule has 1 atom stereocenters. The van der Waals surface area contributed by atoms with Crippen LogP contribution in [0, 0.1) is 6.92 Å². The van der Waals surface area contributed by atoms with Gasteiger partial charge in [0.15, 0.2) is 5.82 Å². The Morgan fingerprint density at radius 3 is 2.34 bits per heavy atom. The van der Waals surface area contributed by atoms with Crippen LogP contribution in [0.2, 0.25) is 15.1 Å². The molecule has 2 fully saturated rings. The maximum atomic E-state index is 10.9. The van der Waals surface area contributed by atoms with Gasteiger partial charge in [-0.1, -0.05) is 40.9 Å². The first-order valence-electron chi connectivity index (χ1n) is 10.8. The Kier molecular flexibility index (Phi) is 9.22. The number of halogens is 3. The van der Waals surface area contributed by atoms with Gasteiger partial charge >= 0.3 is 0 Å². The number of hydrogen-bond donors (Lipinski definition) is 2. The van der Waals surface area contributed by atoms with Crippen molar-refractivity contribution in [3.05, 3.63) is 44.5 Å². The zero-order valence-corrected chi connectivity index (χ0v) is 20.6. The summed E-state index contributed by atoms with van der Waals surface area (Å²) in [7, 11) is 0. The minimum atomic E-state index is -0.124. The van der Waals surface area contributed by atoms with Gasteiger partial charge in [0.05, 0.1) is 11.7 Å². The summed E-state index contributed by atoms with van der Waals surface area (Å²) in [4.78, 5) is 23.8. The summed E-state index contributed by atoms with van der Waals surface area (Å²) in [6.45, 7) is 8.98. The summed E-state index contributed by atoms with van der Waals surface area (Å²) in [5, 5.41) is 8.18. The van der Waals surface area contributed by atoms with Crippen LogP contribution in [0.15, 0.2) is 18.2 Å². The SMILES string of the molecule is C1CCNC1.Cc1nc(N2CCN(C=O)CC2)nc(NC(C)c2ccc(Cl)cc2Cl)c1Cl. The zero-order chi connectivity index (χ0) is 23.1. The van der Waals surface area contributed by atoms with Crippen LogP contribution in [-0.4, -0.2) is 60.5 Å². The summed E-state index contributed by atoms with van der Waals surface area (Å²) in [5.41, 5.74) is 1.59. The van der Waals surface area contributed by atoms with Gasteiger partial charge in [-0.15, -0.1) is 0 Å². The molecule has 4 rings (SSSR count). The first-order valence-corrected chi connectivity index (χ1v) is 11.9. The highest BCUT2D eigenvalue weighted by atomic mass is 35.5. The van der Waals surface area contributed by atoms with E-state index in [1.165, 1.54) is 25.9 Å². The predicted octanol–water partition coefficient (Wildman–Crippen LogP) is 4.57. The molecular formula is C22H29Cl3N6O. The Balaban J connectivity index is 0.000000509. The van der Waals surface area contributed by atoms with Gasteiger partial charge in [0, 0.05) is 36.2 Å². The molecule has 10 heteroatoms. The monoisotopic (exact) mass is 498 g/mol. The van der Waals surface area contributed by atoms with Gasteiger partial charge in [0.2, 0.25) is 12.4 Å². The van der Waals surface area contributed by atoms with E-state index in [-0.39, 0.29) is 6.04 Å². The number of carbonyl (C=O) groups excluding carboxylic acids is 1.